The number of halogens is 3. The molecule has 1 fully saturated rings. The van der Waals surface area contributed by atoms with Gasteiger partial charge in [-0.05, 0) is 24.6 Å². The van der Waals surface area contributed by atoms with Crippen molar-refractivity contribution in [3.8, 4) is 5.75 Å². The zero-order valence-electron chi connectivity index (χ0n) is 17.9. The van der Waals surface area contributed by atoms with Crippen molar-refractivity contribution in [1.29, 1.82) is 0 Å². The molecular weight excluding hydrogens is 437 g/mol. The molecule has 2 amide bonds. The minimum atomic E-state index is -4.59. The lowest BCUT2D eigenvalue weighted by atomic mass is 9.89. The predicted octanol–water partition coefficient (Wildman–Crippen LogP) is 3.29. The average molecular weight is 460 g/mol. The SMILES string of the molecule is COc1cccc(NC(=O)CC2=C(C)NC3C(c4ccccc4)C(C(F)(F)F)NN3C2=O)c1. The molecule has 0 saturated carbocycles. The van der Waals surface area contributed by atoms with E-state index in [0.717, 1.165) is 5.01 Å². The number of nitrogens with one attached hydrogen (secondary N) is 3. The van der Waals surface area contributed by atoms with Gasteiger partial charge in [0.15, 0.2) is 0 Å². The van der Waals surface area contributed by atoms with Crippen molar-refractivity contribution >= 4 is 17.5 Å². The van der Waals surface area contributed by atoms with Crippen molar-refractivity contribution < 1.29 is 27.5 Å². The van der Waals surface area contributed by atoms with Crippen molar-refractivity contribution in [2.75, 3.05) is 12.4 Å². The number of hydrogen-bond acceptors (Lipinski definition) is 5. The first-order chi connectivity index (χ1) is 15.7. The predicted molar refractivity (Wildman–Crippen MR) is 115 cm³/mol. The van der Waals surface area contributed by atoms with Gasteiger partial charge in [0.25, 0.3) is 5.91 Å². The molecule has 3 unspecified atom stereocenters. The number of hydrogen-bond donors (Lipinski definition) is 3. The summed E-state index contributed by atoms with van der Waals surface area (Å²) in [6.45, 7) is 1.59. The summed E-state index contributed by atoms with van der Waals surface area (Å²) in [5.74, 6) is -1.65. The Morgan fingerprint density at radius 1 is 1.15 bits per heavy atom. The number of hydrazine groups is 1. The van der Waals surface area contributed by atoms with Crippen LogP contribution in [0.15, 0.2) is 65.9 Å². The van der Waals surface area contributed by atoms with Crippen molar-refractivity contribution in [2.45, 2.75) is 37.6 Å². The van der Waals surface area contributed by atoms with Gasteiger partial charge in [-0.3, -0.25) is 14.6 Å². The van der Waals surface area contributed by atoms with E-state index < -0.39 is 36.1 Å². The highest BCUT2D eigenvalue weighted by molar-refractivity contribution is 6.03. The van der Waals surface area contributed by atoms with Crippen LogP contribution >= 0.6 is 0 Å². The number of allylic oxidation sites excluding steroid dienone is 1. The zero-order chi connectivity index (χ0) is 23.8. The van der Waals surface area contributed by atoms with Gasteiger partial charge in [0.1, 0.15) is 18.0 Å². The summed E-state index contributed by atoms with van der Waals surface area (Å²) in [4.78, 5) is 25.7. The number of methoxy groups -OCH3 is 1. The van der Waals surface area contributed by atoms with Gasteiger partial charge < -0.3 is 15.4 Å². The fourth-order valence-electron chi connectivity index (χ4n) is 4.21. The second-order valence-electron chi connectivity index (χ2n) is 7.91. The molecule has 3 atom stereocenters. The van der Waals surface area contributed by atoms with Crippen LogP contribution in [0.4, 0.5) is 18.9 Å². The van der Waals surface area contributed by atoms with Crippen LogP contribution < -0.4 is 20.8 Å². The number of fused-ring (bicyclic) bond motifs is 1. The third-order valence-corrected chi connectivity index (χ3v) is 5.78. The van der Waals surface area contributed by atoms with Crippen LogP contribution in [0.25, 0.3) is 0 Å². The summed E-state index contributed by atoms with van der Waals surface area (Å²) < 4.78 is 46.7. The van der Waals surface area contributed by atoms with Crippen LogP contribution in [0.3, 0.4) is 0 Å². The van der Waals surface area contributed by atoms with E-state index in [0.29, 0.717) is 22.7 Å². The van der Waals surface area contributed by atoms with Gasteiger partial charge in [-0.25, -0.2) is 5.43 Å². The standard InChI is InChI=1S/C23H23F3N4O3/c1-13-17(12-18(31)28-15-9-6-10-16(11-15)33-2)22(32)30-21(27-13)19(14-7-4-3-5-8-14)20(29-30)23(24,25)26/h3-11,19-21,27,29H,12H2,1-2H3,(H,28,31). The van der Waals surface area contributed by atoms with E-state index in [2.05, 4.69) is 16.1 Å². The fourth-order valence-corrected chi connectivity index (χ4v) is 4.21. The number of anilines is 1. The molecule has 2 aromatic rings. The molecule has 0 radical (unpaired) electrons. The molecule has 2 heterocycles. The molecule has 10 heteroatoms. The Morgan fingerprint density at radius 2 is 1.88 bits per heavy atom. The summed E-state index contributed by atoms with van der Waals surface area (Å²) in [7, 11) is 1.50. The summed E-state index contributed by atoms with van der Waals surface area (Å²) >= 11 is 0. The van der Waals surface area contributed by atoms with Crippen LogP contribution in [0, 0.1) is 0 Å². The van der Waals surface area contributed by atoms with Crippen molar-refractivity contribution in [3.63, 3.8) is 0 Å². The third kappa shape index (κ3) is 4.51. The number of benzene rings is 2. The second kappa shape index (κ2) is 8.78. The lowest BCUT2D eigenvalue weighted by molar-refractivity contribution is -0.161. The Bertz CT molecular complexity index is 1090. The Morgan fingerprint density at radius 3 is 2.55 bits per heavy atom. The Balaban J connectivity index is 1.57. The maximum Gasteiger partial charge on any atom is 0.406 e. The molecule has 0 bridgehead atoms. The second-order valence-corrected chi connectivity index (χ2v) is 7.91. The highest BCUT2D eigenvalue weighted by atomic mass is 19.4. The zero-order valence-corrected chi connectivity index (χ0v) is 17.9. The monoisotopic (exact) mass is 460 g/mol. The van der Waals surface area contributed by atoms with Crippen molar-refractivity contribution in [2.24, 2.45) is 0 Å². The van der Waals surface area contributed by atoms with Crippen molar-refractivity contribution in [1.82, 2.24) is 15.8 Å². The molecule has 174 valence electrons. The largest absolute Gasteiger partial charge is 0.497 e. The number of alkyl halides is 3. The molecule has 1 saturated heterocycles. The van der Waals surface area contributed by atoms with Gasteiger partial charge >= 0.3 is 6.18 Å². The normalized spacial score (nSPS) is 22.6. The van der Waals surface area contributed by atoms with E-state index in [1.807, 2.05) is 0 Å². The van der Waals surface area contributed by atoms with E-state index in [4.69, 9.17) is 4.74 Å². The molecule has 2 aliphatic rings. The van der Waals surface area contributed by atoms with E-state index in [1.54, 1.807) is 61.5 Å². The molecule has 2 aliphatic heterocycles. The first-order valence-corrected chi connectivity index (χ1v) is 10.3. The lowest BCUT2D eigenvalue weighted by Gasteiger charge is -2.35. The minimum Gasteiger partial charge on any atom is -0.497 e. The van der Waals surface area contributed by atoms with E-state index in [1.165, 1.54) is 7.11 Å². The lowest BCUT2D eigenvalue weighted by Crippen LogP contribution is -2.55. The maximum absolute atomic E-state index is 13.9. The van der Waals surface area contributed by atoms with Crippen LogP contribution in [0.1, 0.15) is 24.8 Å². The highest BCUT2D eigenvalue weighted by Crippen LogP contribution is 2.41. The number of carbonyl (C=O) groups excluding carboxylic acids is 2. The summed E-state index contributed by atoms with van der Waals surface area (Å²) in [6, 6.07) is 13.0. The highest BCUT2D eigenvalue weighted by Gasteiger charge is 2.57. The van der Waals surface area contributed by atoms with E-state index in [9.17, 15) is 22.8 Å². The molecule has 33 heavy (non-hydrogen) atoms. The molecule has 7 nitrogen and oxygen atoms in total. The smallest absolute Gasteiger partial charge is 0.406 e. The van der Waals surface area contributed by atoms with Gasteiger partial charge in [0.05, 0.1) is 19.4 Å². The van der Waals surface area contributed by atoms with Gasteiger partial charge in [-0.1, -0.05) is 36.4 Å². The summed E-state index contributed by atoms with van der Waals surface area (Å²) in [6.07, 6.45) is -5.83. The molecular formula is C23H23F3N4O3. The number of amides is 2. The van der Waals surface area contributed by atoms with Crippen LogP contribution in [-0.2, 0) is 9.59 Å². The maximum atomic E-state index is 13.9. The topological polar surface area (TPSA) is 82.7 Å². The van der Waals surface area contributed by atoms with Gasteiger partial charge in [0, 0.05) is 23.0 Å². The number of nitrogens with zero attached hydrogens (tertiary/aromatic N) is 1. The van der Waals surface area contributed by atoms with Gasteiger partial charge in [0.2, 0.25) is 5.91 Å². The van der Waals surface area contributed by atoms with Crippen LogP contribution in [-0.4, -0.2) is 42.3 Å². The summed E-state index contributed by atoms with van der Waals surface area (Å²) in [5.41, 5.74) is 3.72. The first-order valence-electron chi connectivity index (χ1n) is 10.3. The van der Waals surface area contributed by atoms with Crippen LogP contribution in [0.5, 0.6) is 5.75 Å². The fraction of sp³-hybridized carbons (Fsp3) is 0.304. The first kappa shape index (κ1) is 22.7. The molecule has 0 spiro atoms. The quantitative estimate of drug-likeness (QED) is 0.638. The molecule has 3 N–H and O–H groups in total. The van der Waals surface area contributed by atoms with E-state index >= 15 is 0 Å². The Kier molecular flexibility index (Phi) is 6.03. The van der Waals surface area contributed by atoms with Gasteiger partial charge in [-0.15, -0.1) is 0 Å². The average Bonchev–Trinajstić information content (AvgIpc) is 3.17. The van der Waals surface area contributed by atoms with Crippen LogP contribution in [0.2, 0.25) is 0 Å². The molecule has 4 rings (SSSR count). The Labute approximate surface area is 188 Å². The summed E-state index contributed by atoms with van der Waals surface area (Å²) in [5, 5.41) is 6.65. The molecule has 0 aromatic heterocycles. The minimum absolute atomic E-state index is 0.0915. The Hall–Kier alpha value is -3.53. The number of ether oxygens (including phenoxy) is 1. The number of rotatable bonds is 5. The van der Waals surface area contributed by atoms with E-state index in [-0.39, 0.29) is 12.0 Å². The van der Waals surface area contributed by atoms with Gasteiger partial charge in [-0.2, -0.15) is 13.2 Å². The number of carbonyl (C=O) groups is 2. The molecule has 0 aliphatic carbocycles. The molecule has 2 aromatic carbocycles. The van der Waals surface area contributed by atoms with Crippen molar-refractivity contribution in [3.05, 3.63) is 71.4 Å². The third-order valence-electron chi connectivity index (χ3n) is 5.78.